The molecule has 0 saturated heterocycles. The van der Waals surface area contributed by atoms with Crippen LogP contribution in [0.2, 0.25) is 5.02 Å². The van der Waals surface area contributed by atoms with Gasteiger partial charge in [0.15, 0.2) is 0 Å². The smallest absolute Gasteiger partial charge is 0.262 e. The number of rotatable bonds is 6. The van der Waals surface area contributed by atoms with E-state index in [0.29, 0.717) is 6.04 Å². The Balaban J connectivity index is 1.53. The third-order valence-corrected chi connectivity index (χ3v) is 6.86. The van der Waals surface area contributed by atoms with Crippen LogP contribution in [0.25, 0.3) is 10.2 Å². The van der Waals surface area contributed by atoms with Crippen LogP contribution in [-0.2, 0) is 25.9 Å². The van der Waals surface area contributed by atoms with E-state index in [9.17, 15) is 4.79 Å². The molecule has 1 atom stereocenters. The van der Waals surface area contributed by atoms with Gasteiger partial charge in [0, 0.05) is 29.0 Å². The van der Waals surface area contributed by atoms with Gasteiger partial charge in [-0.25, -0.2) is 4.98 Å². The van der Waals surface area contributed by atoms with E-state index in [1.807, 2.05) is 18.2 Å². The number of aryl methyl sites for hydroxylation is 2. The average molecular weight is 402 g/mol. The molecule has 0 radical (unpaired) electrons. The molecule has 3 aromatic rings. The Morgan fingerprint density at radius 3 is 3.04 bits per heavy atom. The monoisotopic (exact) mass is 401 g/mol. The molecule has 142 valence electrons. The van der Waals surface area contributed by atoms with Gasteiger partial charge >= 0.3 is 0 Å². The van der Waals surface area contributed by atoms with Crippen molar-refractivity contribution >= 4 is 33.2 Å². The van der Waals surface area contributed by atoms with Crippen LogP contribution in [0.4, 0.5) is 0 Å². The maximum absolute atomic E-state index is 12.9. The predicted octanol–water partition coefficient (Wildman–Crippen LogP) is 4.56. The lowest BCUT2D eigenvalue weighted by Crippen LogP contribution is -2.34. The second kappa shape index (κ2) is 8.13. The van der Waals surface area contributed by atoms with Crippen LogP contribution >= 0.6 is 22.9 Å². The fourth-order valence-electron chi connectivity index (χ4n) is 3.76. The molecule has 0 aliphatic heterocycles. The second-order valence-corrected chi connectivity index (χ2v) is 8.68. The summed E-state index contributed by atoms with van der Waals surface area (Å²) >= 11 is 7.95. The minimum Gasteiger partial charge on any atom is -0.309 e. The minimum atomic E-state index is 0.133. The third-order valence-electron chi connectivity index (χ3n) is 5.33. The number of benzene rings is 1. The number of unbranched alkanes of at least 4 members (excludes halogenated alkanes) is 1. The lowest BCUT2D eigenvalue weighted by molar-refractivity contribution is 0.462. The van der Waals surface area contributed by atoms with Gasteiger partial charge in [-0.05, 0) is 42.9 Å². The zero-order valence-corrected chi connectivity index (χ0v) is 17.1. The molecule has 0 amide bonds. The molecule has 0 unspecified atom stereocenters. The summed E-state index contributed by atoms with van der Waals surface area (Å²) in [5.74, 6) is 0. The van der Waals surface area contributed by atoms with Crippen molar-refractivity contribution in [3.63, 3.8) is 0 Å². The highest BCUT2D eigenvalue weighted by Crippen LogP contribution is 2.33. The van der Waals surface area contributed by atoms with Crippen LogP contribution in [0, 0.1) is 0 Å². The molecule has 6 heteroatoms. The zero-order chi connectivity index (χ0) is 18.8. The van der Waals surface area contributed by atoms with Crippen LogP contribution in [0.15, 0.2) is 35.4 Å². The van der Waals surface area contributed by atoms with Gasteiger partial charge < -0.3 is 5.32 Å². The number of fused-ring (bicyclic) bond motifs is 3. The summed E-state index contributed by atoms with van der Waals surface area (Å²) in [6, 6.07) is 8.37. The van der Waals surface area contributed by atoms with Crippen molar-refractivity contribution in [1.82, 2.24) is 14.9 Å². The van der Waals surface area contributed by atoms with Gasteiger partial charge in [-0.3, -0.25) is 9.36 Å². The van der Waals surface area contributed by atoms with Crippen molar-refractivity contribution < 1.29 is 0 Å². The lowest BCUT2D eigenvalue weighted by atomic mass is 9.93. The molecule has 4 rings (SSSR count). The third kappa shape index (κ3) is 3.82. The molecule has 2 heterocycles. The van der Waals surface area contributed by atoms with Crippen LogP contribution in [0.5, 0.6) is 0 Å². The quantitative estimate of drug-likeness (QED) is 0.658. The molecule has 0 saturated carbocycles. The maximum Gasteiger partial charge on any atom is 0.262 e. The Hall–Kier alpha value is -1.69. The second-order valence-electron chi connectivity index (χ2n) is 7.19. The van der Waals surface area contributed by atoms with Crippen molar-refractivity contribution in [2.24, 2.45) is 0 Å². The number of aromatic nitrogens is 2. The Labute approximate surface area is 168 Å². The van der Waals surface area contributed by atoms with Crippen LogP contribution in [0.1, 0.15) is 42.2 Å². The Bertz CT molecular complexity index is 1010. The average Bonchev–Trinajstić information content (AvgIpc) is 3.05. The fraction of sp³-hybridized carbons (Fsp3) is 0.429. The first kappa shape index (κ1) is 18.7. The summed E-state index contributed by atoms with van der Waals surface area (Å²) in [6.45, 7) is 3.66. The minimum absolute atomic E-state index is 0.133. The Kier molecular flexibility index (Phi) is 5.62. The number of thiophene rings is 1. The molecule has 1 aliphatic rings. The number of nitrogens with one attached hydrogen (secondary N) is 1. The summed E-state index contributed by atoms with van der Waals surface area (Å²) in [6.07, 6.45) is 6.72. The number of hydrogen-bond acceptors (Lipinski definition) is 4. The van der Waals surface area contributed by atoms with Gasteiger partial charge in [-0.15, -0.1) is 11.3 Å². The van der Waals surface area contributed by atoms with Crippen molar-refractivity contribution in [2.75, 3.05) is 0 Å². The van der Waals surface area contributed by atoms with Gasteiger partial charge in [-0.2, -0.15) is 0 Å². The number of hydrogen-bond donors (Lipinski definition) is 1. The normalized spacial score (nSPS) is 16.6. The van der Waals surface area contributed by atoms with E-state index in [-0.39, 0.29) is 5.56 Å². The standard InChI is InChI=1S/C21H24ClN3OS/c1-2-3-10-25-13-24-20-19(21(25)26)16-9-8-15(11-18(16)27-20)23-12-14-6-4-5-7-17(14)22/h4-7,13,15,23H,2-3,8-12H2,1H3/t15-/m0/s1. The summed E-state index contributed by atoms with van der Waals surface area (Å²) in [4.78, 5) is 19.7. The van der Waals surface area contributed by atoms with E-state index < -0.39 is 0 Å². The molecule has 0 fully saturated rings. The van der Waals surface area contributed by atoms with Crippen molar-refractivity contribution in [1.29, 1.82) is 0 Å². The van der Waals surface area contributed by atoms with Gasteiger partial charge in [0.1, 0.15) is 4.83 Å². The SMILES string of the molecule is CCCCn1cnc2sc3c(c2c1=O)CC[C@H](NCc1ccccc1Cl)C3. The van der Waals surface area contributed by atoms with Crippen LogP contribution < -0.4 is 10.9 Å². The topological polar surface area (TPSA) is 46.9 Å². The maximum atomic E-state index is 12.9. The molecule has 0 bridgehead atoms. The van der Waals surface area contributed by atoms with Crippen LogP contribution in [0.3, 0.4) is 0 Å². The summed E-state index contributed by atoms with van der Waals surface area (Å²) in [5, 5.41) is 5.30. The van der Waals surface area contributed by atoms with Gasteiger partial charge in [-0.1, -0.05) is 43.1 Å². The molecule has 1 N–H and O–H groups in total. The Morgan fingerprint density at radius 2 is 2.22 bits per heavy atom. The highest BCUT2D eigenvalue weighted by Gasteiger charge is 2.25. The van der Waals surface area contributed by atoms with Gasteiger partial charge in [0.25, 0.3) is 5.56 Å². The summed E-state index contributed by atoms with van der Waals surface area (Å²) < 4.78 is 1.78. The molecular weight excluding hydrogens is 378 g/mol. The lowest BCUT2D eigenvalue weighted by Gasteiger charge is -2.23. The van der Waals surface area contributed by atoms with E-state index in [1.54, 1.807) is 22.2 Å². The first-order chi connectivity index (χ1) is 13.2. The van der Waals surface area contributed by atoms with E-state index in [0.717, 1.165) is 66.0 Å². The largest absolute Gasteiger partial charge is 0.309 e. The van der Waals surface area contributed by atoms with Crippen molar-refractivity contribution in [2.45, 2.75) is 58.2 Å². The molecule has 0 spiro atoms. The highest BCUT2D eigenvalue weighted by atomic mass is 35.5. The van der Waals surface area contributed by atoms with Gasteiger partial charge in [0.05, 0.1) is 11.7 Å². The van der Waals surface area contributed by atoms with Crippen molar-refractivity contribution in [3.05, 3.63) is 62.0 Å². The zero-order valence-electron chi connectivity index (χ0n) is 15.5. The molecule has 1 aromatic carbocycles. The molecule has 27 heavy (non-hydrogen) atoms. The molecule has 2 aromatic heterocycles. The first-order valence-corrected chi connectivity index (χ1v) is 10.8. The van der Waals surface area contributed by atoms with E-state index >= 15 is 0 Å². The van der Waals surface area contributed by atoms with E-state index in [1.165, 1.54) is 10.4 Å². The predicted molar refractivity (Wildman–Crippen MR) is 113 cm³/mol. The number of nitrogens with zero attached hydrogens (tertiary/aromatic N) is 2. The summed E-state index contributed by atoms with van der Waals surface area (Å²) in [7, 11) is 0. The van der Waals surface area contributed by atoms with Crippen molar-refractivity contribution in [3.8, 4) is 0 Å². The Morgan fingerprint density at radius 1 is 1.37 bits per heavy atom. The first-order valence-electron chi connectivity index (χ1n) is 9.64. The highest BCUT2D eigenvalue weighted by molar-refractivity contribution is 7.18. The van der Waals surface area contributed by atoms with Crippen LogP contribution in [-0.4, -0.2) is 15.6 Å². The molecule has 1 aliphatic carbocycles. The number of halogens is 1. The fourth-order valence-corrected chi connectivity index (χ4v) is 5.22. The van der Waals surface area contributed by atoms with E-state index in [4.69, 9.17) is 11.6 Å². The molecular formula is C21H24ClN3OS. The molecule has 4 nitrogen and oxygen atoms in total. The van der Waals surface area contributed by atoms with Gasteiger partial charge in [0.2, 0.25) is 0 Å². The van der Waals surface area contributed by atoms with E-state index in [2.05, 4.69) is 23.3 Å². The summed E-state index contributed by atoms with van der Waals surface area (Å²) in [5.41, 5.74) is 2.49.